The molecule has 1 nitrogen and oxygen atoms in total. The van der Waals surface area contributed by atoms with E-state index < -0.39 is 0 Å². The quantitative estimate of drug-likeness (QED) is 0.164. The lowest BCUT2D eigenvalue weighted by Gasteiger charge is -2.28. The van der Waals surface area contributed by atoms with E-state index in [0.717, 1.165) is 11.4 Å². The number of aryl methyl sites for hydroxylation is 1. The lowest BCUT2D eigenvalue weighted by Crippen LogP contribution is -2.16. The molecule has 0 amide bonds. The van der Waals surface area contributed by atoms with Gasteiger partial charge in [0.05, 0.1) is 0 Å². The average molecular weight is 678 g/mol. The molecule has 0 bridgehead atoms. The highest BCUT2D eigenvalue weighted by Crippen LogP contribution is 2.52. The number of nitrogens with zero attached hydrogens (tertiary/aromatic N) is 1. The van der Waals surface area contributed by atoms with Crippen molar-refractivity contribution in [2.75, 3.05) is 4.90 Å². The van der Waals surface area contributed by atoms with Gasteiger partial charge in [0.25, 0.3) is 0 Å². The van der Waals surface area contributed by atoms with Crippen molar-refractivity contribution in [2.45, 2.75) is 26.2 Å². The SMILES string of the molecule is Cc1ccc(N(c2ccccc2)c2ccc3c(c2)C(C)(C)c2cc(-c4cc5cc(-c6ccccc6)c6ccccc6c5c5ccccc45)ccc2-3)cc1. The highest BCUT2D eigenvalue weighted by atomic mass is 15.1. The standard InChI is InChI=1S/C52H39N/c1-34-22-25-39(26-23-34)53(38-16-8-5-9-17-38)40-27-29-44-43-28-24-36(32-49(43)52(2,3)50(44)33-40)48-31-37-30-47(35-14-6-4-7-15-35)41-18-10-12-20-45(41)51(37)46-21-13-11-19-42(46)48/h4-33H,1-3H3. The highest BCUT2D eigenvalue weighted by molar-refractivity contribution is 6.25. The summed E-state index contributed by atoms with van der Waals surface area (Å²) >= 11 is 0. The number of para-hydroxylation sites is 1. The number of benzene rings is 9. The molecule has 0 spiro atoms. The van der Waals surface area contributed by atoms with Crippen LogP contribution in [0.15, 0.2) is 182 Å². The Kier molecular flexibility index (Phi) is 7.13. The molecule has 0 saturated heterocycles. The molecule has 0 N–H and O–H groups in total. The Morgan fingerprint density at radius 1 is 0.377 bits per heavy atom. The number of anilines is 3. The van der Waals surface area contributed by atoms with Crippen LogP contribution in [-0.2, 0) is 5.41 Å². The summed E-state index contributed by atoms with van der Waals surface area (Å²) < 4.78 is 0. The third-order valence-electron chi connectivity index (χ3n) is 11.5. The van der Waals surface area contributed by atoms with Crippen molar-refractivity contribution in [1.82, 2.24) is 0 Å². The molecule has 0 aromatic heterocycles. The molecule has 0 unspecified atom stereocenters. The van der Waals surface area contributed by atoms with Crippen LogP contribution in [0, 0.1) is 6.92 Å². The van der Waals surface area contributed by atoms with E-state index in [1.54, 1.807) is 0 Å². The first-order valence-corrected chi connectivity index (χ1v) is 18.6. The largest absolute Gasteiger partial charge is 0.310 e. The lowest BCUT2D eigenvalue weighted by atomic mass is 9.81. The minimum absolute atomic E-state index is 0.185. The summed E-state index contributed by atoms with van der Waals surface area (Å²) in [6.45, 7) is 6.92. The lowest BCUT2D eigenvalue weighted by molar-refractivity contribution is 0.660. The maximum absolute atomic E-state index is 2.47. The molecule has 0 aliphatic heterocycles. The van der Waals surface area contributed by atoms with Gasteiger partial charge in [0.2, 0.25) is 0 Å². The van der Waals surface area contributed by atoms with Crippen LogP contribution in [0.2, 0.25) is 0 Å². The van der Waals surface area contributed by atoms with E-state index in [1.807, 2.05) is 0 Å². The third-order valence-corrected chi connectivity index (χ3v) is 11.5. The Hall–Kier alpha value is -6.44. The molecule has 0 atom stereocenters. The summed E-state index contributed by atoms with van der Waals surface area (Å²) in [5.41, 5.74) is 15.0. The summed E-state index contributed by atoms with van der Waals surface area (Å²) in [4.78, 5) is 2.37. The fourth-order valence-corrected chi connectivity index (χ4v) is 8.83. The van der Waals surface area contributed by atoms with Crippen molar-refractivity contribution in [3.8, 4) is 33.4 Å². The fourth-order valence-electron chi connectivity index (χ4n) is 8.83. The minimum Gasteiger partial charge on any atom is -0.310 e. The zero-order chi connectivity index (χ0) is 35.7. The van der Waals surface area contributed by atoms with Crippen LogP contribution in [0.25, 0.3) is 65.7 Å². The van der Waals surface area contributed by atoms with Crippen molar-refractivity contribution in [1.29, 1.82) is 0 Å². The van der Waals surface area contributed by atoms with Crippen molar-refractivity contribution < 1.29 is 0 Å². The summed E-state index contributed by atoms with van der Waals surface area (Å²) in [6, 6.07) is 67.3. The van der Waals surface area contributed by atoms with Crippen molar-refractivity contribution in [3.63, 3.8) is 0 Å². The molecular formula is C52H39N. The van der Waals surface area contributed by atoms with E-state index in [9.17, 15) is 0 Å². The smallest absolute Gasteiger partial charge is 0.0465 e. The van der Waals surface area contributed by atoms with Gasteiger partial charge in [-0.05, 0) is 138 Å². The van der Waals surface area contributed by atoms with Gasteiger partial charge in [-0.15, -0.1) is 0 Å². The normalized spacial score (nSPS) is 13.0. The molecular weight excluding hydrogens is 639 g/mol. The zero-order valence-corrected chi connectivity index (χ0v) is 30.3. The maximum Gasteiger partial charge on any atom is 0.0465 e. The molecule has 252 valence electrons. The summed E-state index contributed by atoms with van der Waals surface area (Å²) in [5, 5.41) is 7.74. The number of hydrogen-bond donors (Lipinski definition) is 0. The van der Waals surface area contributed by atoms with Gasteiger partial charge in [0.15, 0.2) is 0 Å². The van der Waals surface area contributed by atoms with Crippen LogP contribution in [-0.4, -0.2) is 0 Å². The molecule has 10 rings (SSSR count). The Morgan fingerprint density at radius 2 is 0.868 bits per heavy atom. The second kappa shape index (κ2) is 12.1. The summed E-state index contributed by atoms with van der Waals surface area (Å²) in [5.74, 6) is 0. The van der Waals surface area contributed by atoms with Crippen LogP contribution in [0.1, 0.15) is 30.5 Å². The van der Waals surface area contributed by atoms with Crippen LogP contribution in [0.4, 0.5) is 17.1 Å². The monoisotopic (exact) mass is 677 g/mol. The molecule has 0 saturated carbocycles. The molecule has 53 heavy (non-hydrogen) atoms. The molecule has 1 heteroatoms. The predicted octanol–water partition coefficient (Wildman–Crippen LogP) is 14.6. The second-order valence-electron chi connectivity index (χ2n) is 15.0. The van der Waals surface area contributed by atoms with Crippen LogP contribution < -0.4 is 4.90 Å². The van der Waals surface area contributed by atoms with E-state index in [2.05, 4.69) is 208 Å². The number of hydrogen-bond acceptors (Lipinski definition) is 1. The second-order valence-corrected chi connectivity index (χ2v) is 15.0. The Labute approximate surface area is 311 Å². The molecule has 9 aromatic carbocycles. The first kappa shape index (κ1) is 31.3. The van der Waals surface area contributed by atoms with Crippen molar-refractivity contribution in [2.24, 2.45) is 0 Å². The van der Waals surface area contributed by atoms with Gasteiger partial charge in [0.1, 0.15) is 0 Å². The Balaban J connectivity index is 1.13. The molecule has 0 fully saturated rings. The first-order chi connectivity index (χ1) is 26.0. The molecule has 0 heterocycles. The van der Waals surface area contributed by atoms with Crippen molar-refractivity contribution in [3.05, 3.63) is 199 Å². The van der Waals surface area contributed by atoms with E-state index in [0.29, 0.717) is 0 Å². The maximum atomic E-state index is 2.47. The van der Waals surface area contributed by atoms with Gasteiger partial charge in [-0.1, -0.05) is 147 Å². The molecule has 0 radical (unpaired) electrons. The van der Waals surface area contributed by atoms with Gasteiger partial charge in [-0.2, -0.15) is 0 Å². The first-order valence-electron chi connectivity index (χ1n) is 18.6. The van der Waals surface area contributed by atoms with Crippen molar-refractivity contribution >= 4 is 49.4 Å². The van der Waals surface area contributed by atoms with Gasteiger partial charge in [0, 0.05) is 22.5 Å². The van der Waals surface area contributed by atoms with Crippen LogP contribution in [0.3, 0.4) is 0 Å². The molecule has 9 aromatic rings. The minimum atomic E-state index is -0.185. The Bertz CT molecular complexity index is 2850. The highest BCUT2D eigenvalue weighted by Gasteiger charge is 2.36. The fraction of sp³-hybridized carbons (Fsp3) is 0.0769. The Morgan fingerprint density at radius 3 is 1.51 bits per heavy atom. The summed E-state index contributed by atoms with van der Waals surface area (Å²) in [7, 11) is 0. The summed E-state index contributed by atoms with van der Waals surface area (Å²) in [6.07, 6.45) is 0. The molecule has 1 aliphatic rings. The van der Waals surface area contributed by atoms with Crippen LogP contribution in [0.5, 0.6) is 0 Å². The van der Waals surface area contributed by atoms with Gasteiger partial charge < -0.3 is 4.90 Å². The number of fused-ring (bicyclic) bond motifs is 8. The zero-order valence-electron chi connectivity index (χ0n) is 30.3. The van der Waals surface area contributed by atoms with Gasteiger partial charge in [-0.3, -0.25) is 0 Å². The average Bonchev–Trinajstić information content (AvgIpc) is 3.43. The number of rotatable bonds is 5. The van der Waals surface area contributed by atoms with Gasteiger partial charge in [-0.25, -0.2) is 0 Å². The third kappa shape index (κ3) is 4.99. The predicted molar refractivity (Wildman–Crippen MR) is 227 cm³/mol. The van der Waals surface area contributed by atoms with E-state index in [1.165, 1.54) is 88.1 Å². The molecule has 1 aliphatic carbocycles. The van der Waals surface area contributed by atoms with E-state index in [4.69, 9.17) is 0 Å². The van der Waals surface area contributed by atoms with E-state index in [-0.39, 0.29) is 5.41 Å². The van der Waals surface area contributed by atoms with Crippen LogP contribution >= 0.6 is 0 Å². The topological polar surface area (TPSA) is 3.24 Å². The van der Waals surface area contributed by atoms with Gasteiger partial charge >= 0.3 is 0 Å². The van der Waals surface area contributed by atoms with E-state index >= 15 is 0 Å².